The molecule has 2 aromatic rings. The molecule has 1 amide bonds. The van der Waals surface area contributed by atoms with Crippen molar-refractivity contribution in [2.24, 2.45) is 11.3 Å². The molecule has 1 aromatic carbocycles. The van der Waals surface area contributed by atoms with Gasteiger partial charge in [0.05, 0.1) is 24.4 Å². The maximum absolute atomic E-state index is 12.4. The predicted molar refractivity (Wildman–Crippen MR) is 111 cm³/mol. The van der Waals surface area contributed by atoms with Gasteiger partial charge in [-0.2, -0.15) is 13.2 Å². The Morgan fingerprint density at radius 1 is 1.34 bits per heavy atom. The Kier molecular flexibility index (Phi) is 7.52. The lowest BCUT2D eigenvalue weighted by Gasteiger charge is -2.27. The normalized spacial score (nSPS) is 22.7. The van der Waals surface area contributed by atoms with Crippen molar-refractivity contribution in [1.29, 1.82) is 0 Å². The Morgan fingerprint density at radius 2 is 2.03 bits per heavy atom. The molecule has 7 nitrogen and oxygen atoms in total. The van der Waals surface area contributed by atoms with Crippen LogP contribution in [0.3, 0.4) is 0 Å². The number of hydrogen-bond acceptors (Lipinski definition) is 6. The third-order valence-corrected chi connectivity index (χ3v) is 6.60. The van der Waals surface area contributed by atoms with E-state index in [1.807, 2.05) is 35.8 Å². The van der Waals surface area contributed by atoms with Crippen molar-refractivity contribution in [3.8, 4) is 0 Å². The van der Waals surface area contributed by atoms with Crippen molar-refractivity contribution in [2.45, 2.75) is 19.6 Å². The van der Waals surface area contributed by atoms with Crippen LogP contribution in [0.1, 0.15) is 20.9 Å². The smallest absolute Gasteiger partial charge is 0.475 e. The highest BCUT2D eigenvalue weighted by Gasteiger charge is 2.50. The van der Waals surface area contributed by atoms with Crippen LogP contribution in [0.25, 0.3) is 0 Å². The number of likely N-dealkylation sites (tertiary alicyclic amines) is 1. The average Bonchev–Trinajstić information content (AvgIpc) is 3.41. The minimum absolute atomic E-state index is 0.00243. The van der Waals surface area contributed by atoms with Gasteiger partial charge in [0.25, 0.3) is 5.91 Å². The Balaban J connectivity index is 0.000000360. The number of carbonyl (C=O) groups excluding carboxylic acids is 1. The van der Waals surface area contributed by atoms with Crippen LogP contribution in [0.4, 0.5) is 13.2 Å². The number of hydrogen-bond donors (Lipinski definition) is 2. The number of rotatable bonds is 5. The standard InChI is InChI=1S/C19H23N3O2S.C2HF3O2/c1-14-17(25-13-21-14)8-22-7-16-9-24-12-19(16,11-22)10-20-18(23)15-5-3-2-4-6-15;3-2(4,5)1(6)7/h2-6,13,16H,7-12H2,1H3,(H,20,23);(H,6,7)/t16-,19+;/m1./s1. The zero-order valence-electron chi connectivity index (χ0n) is 17.4. The first-order valence-electron chi connectivity index (χ1n) is 9.93. The molecule has 2 aliphatic rings. The van der Waals surface area contributed by atoms with Crippen LogP contribution >= 0.6 is 11.3 Å². The van der Waals surface area contributed by atoms with E-state index in [1.165, 1.54) is 4.88 Å². The first-order chi connectivity index (χ1) is 15.1. The number of aliphatic carboxylic acids is 1. The first-order valence-corrected chi connectivity index (χ1v) is 10.8. The molecule has 0 saturated carbocycles. The molecule has 2 aliphatic heterocycles. The number of carboxylic acid groups (broad SMARTS) is 1. The lowest BCUT2D eigenvalue weighted by atomic mass is 9.81. The van der Waals surface area contributed by atoms with Gasteiger partial charge in [-0.3, -0.25) is 9.69 Å². The van der Waals surface area contributed by atoms with E-state index in [-0.39, 0.29) is 11.3 Å². The van der Waals surface area contributed by atoms with Crippen LogP contribution < -0.4 is 5.32 Å². The number of nitrogens with one attached hydrogen (secondary N) is 1. The number of carbonyl (C=O) groups is 2. The number of aryl methyl sites for hydroxylation is 1. The third kappa shape index (κ3) is 5.84. The molecule has 2 N–H and O–H groups in total. The second-order valence-electron chi connectivity index (χ2n) is 7.96. The van der Waals surface area contributed by atoms with Gasteiger partial charge >= 0.3 is 12.1 Å². The highest BCUT2D eigenvalue weighted by molar-refractivity contribution is 7.09. The lowest BCUT2D eigenvalue weighted by Crippen LogP contribution is -2.43. The third-order valence-electron chi connectivity index (χ3n) is 5.68. The maximum Gasteiger partial charge on any atom is 0.490 e. The van der Waals surface area contributed by atoms with Crippen molar-refractivity contribution in [3.63, 3.8) is 0 Å². The van der Waals surface area contributed by atoms with Crippen LogP contribution in [0, 0.1) is 18.3 Å². The van der Waals surface area contributed by atoms with E-state index >= 15 is 0 Å². The molecule has 0 aliphatic carbocycles. The molecule has 0 spiro atoms. The van der Waals surface area contributed by atoms with Crippen molar-refractivity contribution >= 4 is 23.2 Å². The van der Waals surface area contributed by atoms with E-state index in [1.54, 1.807) is 11.3 Å². The van der Waals surface area contributed by atoms with Gasteiger partial charge in [0.1, 0.15) is 0 Å². The van der Waals surface area contributed by atoms with Gasteiger partial charge in [0, 0.05) is 48.0 Å². The summed E-state index contributed by atoms with van der Waals surface area (Å²) in [5.41, 5.74) is 3.79. The number of fused-ring (bicyclic) bond motifs is 1. The number of carboxylic acids is 1. The van der Waals surface area contributed by atoms with Gasteiger partial charge in [0.15, 0.2) is 0 Å². The van der Waals surface area contributed by atoms with E-state index in [0.29, 0.717) is 18.0 Å². The average molecular weight is 472 g/mol. The summed E-state index contributed by atoms with van der Waals surface area (Å²) in [6.07, 6.45) is -5.08. The van der Waals surface area contributed by atoms with Crippen molar-refractivity contribution in [1.82, 2.24) is 15.2 Å². The molecular weight excluding hydrogens is 447 g/mol. The molecule has 3 heterocycles. The number of aromatic nitrogens is 1. The highest BCUT2D eigenvalue weighted by Crippen LogP contribution is 2.41. The Hall–Kier alpha value is -2.50. The number of halogens is 3. The molecule has 174 valence electrons. The highest BCUT2D eigenvalue weighted by atomic mass is 32.1. The van der Waals surface area contributed by atoms with Crippen molar-refractivity contribution in [2.75, 3.05) is 32.8 Å². The molecule has 0 bridgehead atoms. The summed E-state index contributed by atoms with van der Waals surface area (Å²) < 4.78 is 37.5. The molecule has 2 atom stereocenters. The van der Waals surface area contributed by atoms with Crippen LogP contribution in [0.5, 0.6) is 0 Å². The van der Waals surface area contributed by atoms with E-state index in [9.17, 15) is 18.0 Å². The molecule has 2 fully saturated rings. The van der Waals surface area contributed by atoms with E-state index in [0.717, 1.165) is 38.5 Å². The topological polar surface area (TPSA) is 91.8 Å². The number of nitrogens with zero attached hydrogens (tertiary/aromatic N) is 2. The summed E-state index contributed by atoms with van der Waals surface area (Å²) in [6.45, 7) is 7.19. The van der Waals surface area contributed by atoms with Gasteiger partial charge < -0.3 is 15.2 Å². The Morgan fingerprint density at radius 3 is 2.62 bits per heavy atom. The molecule has 0 radical (unpaired) electrons. The Labute approximate surface area is 187 Å². The van der Waals surface area contributed by atoms with Crippen LogP contribution in [-0.4, -0.2) is 65.9 Å². The predicted octanol–water partition coefficient (Wildman–Crippen LogP) is 2.96. The Bertz CT molecular complexity index is 938. The maximum atomic E-state index is 12.4. The minimum Gasteiger partial charge on any atom is -0.475 e. The van der Waals surface area contributed by atoms with Crippen molar-refractivity contribution < 1.29 is 32.6 Å². The molecular formula is C21H24F3N3O4S. The SMILES string of the molecule is Cc1ncsc1CN1C[C@@H]2COC[C@]2(CNC(=O)c2ccccc2)C1.O=C(O)C(F)(F)F. The number of alkyl halides is 3. The zero-order chi connectivity index (χ0) is 23.4. The second-order valence-corrected chi connectivity index (χ2v) is 8.90. The summed E-state index contributed by atoms with van der Waals surface area (Å²) in [5.74, 6) is -2.28. The zero-order valence-corrected chi connectivity index (χ0v) is 18.2. The molecule has 1 aromatic heterocycles. The second kappa shape index (κ2) is 9.97. The van der Waals surface area contributed by atoms with Gasteiger partial charge in [-0.1, -0.05) is 18.2 Å². The van der Waals surface area contributed by atoms with E-state index in [2.05, 4.69) is 22.1 Å². The van der Waals surface area contributed by atoms with Crippen LogP contribution in [0.15, 0.2) is 35.8 Å². The summed E-state index contributed by atoms with van der Waals surface area (Å²) in [4.78, 5) is 29.5. The van der Waals surface area contributed by atoms with Crippen molar-refractivity contribution in [3.05, 3.63) is 52.0 Å². The molecule has 2 saturated heterocycles. The summed E-state index contributed by atoms with van der Waals surface area (Å²) >= 11 is 1.73. The monoisotopic (exact) mass is 471 g/mol. The fourth-order valence-corrected chi connectivity index (χ4v) is 4.76. The summed E-state index contributed by atoms with van der Waals surface area (Å²) in [7, 11) is 0. The first kappa shape index (κ1) is 24.1. The number of ether oxygens (including phenoxy) is 1. The molecule has 32 heavy (non-hydrogen) atoms. The summed E-state index contributed by atoms with van der Waals surface area (Å²) in [6, 6.07) is 9.41. The lowest BCUT2D eigenvalue weighted by molar-refractivity contribution is -0.192. The van der Waals surface area contributed by atoms with Crippen LogP contribution in [0.2, 0.25) is 0 Å². The number of amides is 1. The summed E-state index contributed by atoms with van der Waals surface area (Å²) in [5, 5.41) is 10.3. The van der Waals surface area contributed by atoms with E-state index < -0.39 is 12.1 Å². The molecule has 11 heteroatoms. The largest absolute Gasteiger partial charge is 0.490 e. The van der Waals surface area contributed by atoms with E-state index in [4.69, 9.17) is 14.6 Å². The fraction of sp³-hybridized carbons (Fsp3) is 0.476. The fourth-order valence-electron chi connectivity index (χ4n) is 3.94. The van der Waals surface area contributed by atoms with Gasteiger partial charge in [-0.05, 0) is 19.1 Å². The number of benzene rings is 1. The van der Waals surface area contributed by atoms with Gasteiger partial charge in [-0.15, -0.1) is 11.3 Å². The minimum atomic E-state index is -5.08. The van der Waals surface area contributed by atoms with Gasteiger partial charge in [0.2, 0.25) is 0 Å². The quantitative estimate of drug-likeness (QED) is 0.697. The molecule has 0 unspecified atom stereocenters. The van der Waals surface area contributed by atoms with Gasteiger partial charge in [-0.25, -0.2) is 9.78 Å². The molecule has 4 rings (SSSR count). The van der Waals surface area contributed by atoms with Crippen LogP contribution in [-0.2, 0) is 16.1 Å². The number of thiazole rings is 1.